The Morgan fingerprint density at radius 1 is 0.853 bits per heavy atom. The summed E-state index contributed by atoms with van der Waals surface area (Å²) >= 11 is 6.83. The van der Waals surface area contributed by atoms with E-state index in [0.717, 1.165) is 11.3 Å². The van der Waals surface area contributed by atoms with Gasteiger partial charge < -0.3 is 4.74 Å². The number of hydrogen-bond donors (Lipinski definition) is 0. The maximum Gasteiger partial charge on any atom is 0.343 e. The molecule has 0 atom stereocenters. The zero-order valence-electron chi connectivity index (χ0n) is 17.5. The molecule has 3 aromatic carbocycles. The molecule has 0 unspecified atom stereocenters. The van der Waals surface area contributed by atoms with Crippen LogP contribution in [0.1, 0.15) is 15.2 Å². The third kappa shape index (κ3) is 3.63. The highest BCUT2D eigenvalue weighted by Crippen LogP contribution is 2.37. The van der Waals surface area contributed by atoms with Gasteiger partial charge in [0, 0.05) is 5.69 Å². The van der Waals surface area contributed by atoms with Gasteiger partial charge in [-0.25, -0.2) is 4.79 Å². The van der Waals surface area contributed by atoms with Crippen molar-refractivity contribution in [1.29, 1.82) is 5.26 Å². The van der Waals surface area contributed by atoms with E-state index in [2.05, 4.69) is 6.07 Å². The second-order valence-corrected chi connectivity index (χ2v) is 8.60. The molecule has 34 heavy (non-hydrogen) atoms. The number of fused-ring (bicyclic) bond motifs is 1. The minimum absolute atomic E-state index is 0.0642. The van der Waals surface area contributed by atoms with Gasteiger partial charge in [-0.15, -0.1) is 11.3 Å². The molecule has 0 fully saturated rings. The molecule has 0 aliphatic heterocycles. The molecule has 0 spiro atoms. The highest BCUT2D eigenvalue weighted by atomic mass is 32.1. The molecule has 0 saturated carbocycles. The molecule has 6 nitrogen and oxygen atoms in total. The molecule has 5 rings (SSSR count). The first-order valence-electron chi connectivity index (χ1n) is 10.2. The Morgan fingerprint density at radius 2 is 1.38 bits per heavy atom. The largest absolute Gasteiger partial charge is 0.420 e. The molecule has 2 heterocycles. The fraction of sp³-hybridized carbons (Fsp3) is 0. The maximum absolute atomic E-state index is 13.8. The van der Waals surface area contributed by atoms with E-state index in [1.165, 1.54) is 4.57 Å². The van der Waals surface area contributed by atoms with E-state index < -0.39 is 11.5 Å². The van der Waals surface area contributed by atoms with Gasteiger partial charge in [0.25, 0.3) is 5.56 Å². The number of ether oxygens (including phenoxy) is 1. The smallest absolute Gasteiger partial charge is 0.343 e. The predicted molar refractivity (Wildman–Crippen MR) is 134 cm³/mol. The number of nitriles is 1. The Hall–Kier alpha value is -4.32. The van der Waals surface area contributed by atoms with Crippen LogP contribution in [0.3, 0.4) is 0 Å². The van der Waals surface area contributed by atoms with Crippen LogP contribution in [-0.4, -0.2) is 15.1 Å². The monoisotopic (exact) mass is 481 g/mol. The second kappa shape index (κ2) is 8.90. The van der Waals surface area contributed by atoms with Gasteiger partial charge in [-0.1, -0.05) is 54.6 Å². The van der Waals surface area contributed by atoms with E-state index in [4.69, 9.17) is 17.0 Å². The number of aromatic nitrogens is 2. The topological polar surface area (TPSA) is 77.0 Å². The lowest BCUT2D eigenvalue weighted by atomic mass is 10.2. The molecular formula is C26H15N3O3S2. The summed E-state index contributed by atoms with van der Waals surface area (Å²) in [5.41, 5.74) is 1.12. The second-order valence-electron chi connectivity index (χ2n) is 7.24. The van der Waals surface area contributed by atoms with Crippen LogP contribution in [0.4, 0.5) is 0 Å². The van der Waals surface area contributed by atoms with Crippen LogP contribution < -0.4 is 10.3 Å². The summed E-state index contributed by atoms with van der Waals surface area (Å²) < 4.78 is 9.02. The Kier molecular flexibility index (Phi) is 5.64. The molecule has 0 amide bonds. The number of benzene rings is 3. The fourth-order valence-electron chi connectivity index (χ4n) is 3.64. The van der Waals surface area contributed by atoms with Gasteiger partial charge in [-0.3, -0.25) is 13.9 Å². The van der Waals surface area contributed by atoms with Gasteiger partial charge in [-0.2, -0.15) is 5.26 Å². The first-order valence-corrected chi connectivity index (χ1v) is 11.5. The minimum Gasteiger partial charge on any atom is -0.420 e. The van der Waals surface area contributed by atoms with E-state index in [0.29, 0.717) is 21.8 Å². The van der Waals surface area contributed by atoms with Crippen LogP contribution in [0, 0.1) is 16.1 Å². The Bertz CT molecular complexity index is 1680. The lowest BCUT2D eigenvalue weighted by Crippen LogP contribution is -2.23. The summed E-state index contributed by atoms with van der Waals surface area (Å²) in [4.78, 5) is 27.2. The summed E-state index contributed by atoms with van der Waals surface area (Å²) in [7, 11) is 0. The van der Waals surface area contributed by atoms with Gasteiger partial charge in [0.05, 0.1) is 11.3 Å². The van der Waals surface area contributed by atoms with Crippen LogP contribution >= 0.6 is 23.6 Å². The molecule has 0 saturated heterocycles. The van der Waals surface area contributed by atoms with Crippen LogP contribution in [0.2, 0.25) is 0 Å². The lowest BCUT2D eigenvalue weighted by molar-refractivity contribution is 0.0737. The average molecular weight is 482 g/mol. The van der Waals surface area contributed by atoms with Crippen molar-refractivity contribution in [2.24, 2.45) is 0 Å². The number of esters is 1. The summed E-state index contributed by atoms with van der Waals surface area (Å²) in [5, 5.41) is 9.95. The lowest BCUT2D eigenvalue weighted by Gasteiger charge is -2.14. The molecular weight excluding hydrogens is 466 g/mol. The summed E-state index contributed by atoms with van der Waals surface area (Å²) in [6.45, 7) is 0. The Morgan fingerprint density at radius 3 is 1.94 bits per heavy atom. The van der Waals surface area contributed by atoms with Crippen molar-refractivity contribution in [2.45, 2.75) is 0 Å². The first-order chi connectivity index (χ1) is 16.6. The van der Waals surface area contributed by atoms with Gasteiger partial charge in [0.2, 0.25) is 0 Å². The van der Waals surface area contributed by atoms with E-state index in [1.807, 2.05) is 36.4 Å². The van der Waals surface area contributed by atoms with Crippen molar-refractivity contribution < 1.29 is 9.53 Å². The van der Waals surface area contributed by atoms with Gasteiger partial charge in [0.15, 0.2) is 15.4 Å². The number of hydrogen-bond acceptors (Lipinski definition) is 6. The number of thiophene rings is 1. The minimum atomic E-state index is -0.656. The molecule has 2 aromatic heterocycles. The van der Waals surface area contributed by atoms with Gasteiger partial charge in [0.1, 0.15) is 16.3 Å². The molecule has 0 radical (unpaired) electrons. The summed E-state index contributed by atoms with van der Waals surface area (Å²) in [5.74, 6) is -0.720. The summed E-state index contributed by atoms with van der Waals surface area (Å²) in [6, 6.07) is 28.8. The molecule has 0 bridgehead atoms. The third-order valence-electron chi connectivity index (χ3n) is 5.18. The van der Waals surface area contributed by atoms with Crippen LogP contribution in [0.5, 0.6) is 5.75 Å². The molecule has 0 N–H and O–H groups in total. The zero-order chi connectivity index (χ0) is 23.7. The van der Waals surface area contributed by atoms with Gasteiger partial charge >= 0.3 is 5.97 Å². The standard InChI is InChI=1S/C26H15N3O3S2/c27-16-20-22(32-25(31)17-10-4-1-5-11-17)21-23(30)28(18-12-6-2-7-13-18)26(33)29(24(21)34-20)19-14-8-3-9-15-19/h1-15H. The SMILES string of the molecule is N#Cc1sc2c(c1OC(=O)c1ccccc1)c(=O)n(-c1ccccc1)c(=S)n2-c1ccccc1. The fourth-order valence-corrected chi connectivity index (χ4v) is 5.13. The highest BCUT2D eigenvalue weighted by Gasteiger charge is 2.25. The number of carbonyl (C=O) groups is 1. The third-order valence-corrected chi connectivity index (χ3v) is 6.61. The van der Waals surface area contributed by atoms with Crippen molar-refractivity contribution in [3.63, 3.8) is 0 Å². The van der Waals surface area contributed by atoms with Crippen molar-refractivity contribution in [3.8, 4) is 23.2 Å². The average Bonchev–Trinajstić information content (AvgIpc) is 3.24. The van der Waals surface area contributed by atoms with E-state index in [-0.39, 0.29) is 20.8 Å². The predicted octanol–water partition coefficient (Wildman–Crippen LogP) is 5.66. The highest BCUT2D eigenvalue weighted by molar-refractivity contribution is 7.71. The molecule has 0 aliphatic carbocycles. The van der Waals surface area contributed by atoms with E-state index in [9.17, 15) is 14.9 Å². The number of carbonyl (C=O) groups excluding carboxylic acids is 1. The Balaban J connectivity index is 1.86. The quantitative estimate of drug-likeness (QED) is 0.244. The normalized spacial score (nSPS) is 10.7. The molecule has 5 aromatic rings. The first kappa shape index (κ1) is 21.5. The van der Waals surface area contributed by atoms with Gasteiger partial charge in [-0.05, 0) is 48.6 Å². The number of nitrogens with zero attached hydrogens (tertiary/aromatic N) is 3. The van der Waals surface area contributed by atoms with Crippen LogP contribution in [-0.2, 0) is 0 Å². The van der Waals surface area contributed by atoms with Crippen molar-refractivity contribution in [2.75, 3.05) is 0 Å². The van der Waals surface area contributed by atoms with Crippen molar-refractivity contribution in [1.82, 2.24) is 9.13 Å². The Labute approximate surface area is 203 Å². The van der Waals surface area contributed by atoms with Crippen molar-refractivity contribution >= 4 is 39.7 Å². The molecule has 0 aliphatic rings. The van der Waals surface area contributed by atoms with Crippen molar-refractivity contribution in [3.05, 3.63) is 117 Å². The van der Waals surface area contributed by atoms with E-state index >= 15 is 0 Å². The zero-order valence-corrected chi connectivity index (χ0v) is 19.2. The van der Waals surface area contributed by atoms with Crippen LogP contribution in [0.25, 0.3) is 21.6 Å². The van der Waals surface area contributed by atoms with Crippen LogP contribution in [0.15, 0.2) is 95.8 Å². The number of rotatable bonds is 4. The van der Waals surface area contributed by atoms with E-state index in [1.54, 1.807) is 59.2 Å². The molecule has 8 heteroatoms. The number of para-hydroxylation sites is 2. The molecule has 164 valence electrons. The summed E-state index contributed by atoms with van der Waals surface area (Å²) in [6.07, 6.45) is 0. The maximum atomic E-state index is 13.8.